The second-order valence-electron chi connectivity index (χ2n) is 5.66. The number of anilines is 1. The number of nitrogens with two attached hydrogens (primary N) is 1. The predicted molar refractivity (Wildman–Crippen MR) is 87.1 cm³/mol. The minimum absolute atomic E-state index is 0.145. The fourth-order valence-electron chi connectivity index (χ4n) is 2.59. The highest BCUT2D eigenvalue weighted by Gasteiger charge is 2.10. The first-order valence-corrected chi connectivity index (χ1v) is 7.27. The number of rotatable bonds is 5. The first kappa shape index (κ1) is 15.5. The smallest absolute Gasteiger partial charge is 0.123 e. The van der Waals surface area contributed by atoms with Gasteiger partial charge in [0.2, 0.25) is 0 Å². The van der Waals surface area contributed by atoms with Crippen LogP contribution in [0.3, 0.4) is 0 Å². The zero-order valence-electron chi connectivity index (χ0n) is 12.9. The van der Waals surface area contributed by atoms with E-state index in [2.05, 4.69) is 44.0 Å². The molecule has 0 aromatic heterocycles. The molecule has 0 radical (unpaired) electrons. The maximum Gasteiger partial charge on any atom is 0.123 e. The molecule has 0 saturated carbocycles. The quantitative estimate of drug-likeness (QED) is 0.901. The molecule has 1 unspecified atom stereocenters. The van der Waals surface area contributed by atoms with E-state index in [1.165, 1.54) is 28.9 Å². The van der Waals surface area contributed by atoms with Gasteiger partial charge in [0, 0.05) is 25.3 Å². The van der Waals surface area contributed by atoms with Crippen molar-refractivity contribution >= 4 is 5.69 Å². The summed E-state index contributed by atoms with van der Waals surface area (Å²) in [6, 6.07) is 12.8. The highest BCUT2D eigenvalue weighted by Crippen LogP contribution is 2.22. The third-order valence-electron chi connectivity index (χ3n) is 3.82. The second-order valence-corrected chi connectivity index (χ2v) is 5.66. The van der Waals surface area contributed by atoms with Crippen LogP contribution >= 0.6 is 0 Å². The van der Waals surface area contributed by atoms with E-state index in [-0.39, 0.29) is 11.9 Å². The third-order valence-corrected chi connectivity index (χ3v) is 3.82. The topological polar surface area (TPSA) is 29.3 Å². The van der Waals surface area contributed by atoms with Crippen LogP contribution in [0.4, 0.5) is 10.1 Å². The summed E-state index contributed by atoms with van der Waals surface area (Å²) in [5.41, 5.74) is 10.8. The standard InChI is InChI=1S/C18H23FN2/c1-13-7-8-18(14(2)11-13)21(3)10-9-17(20)15-5-4-6-16(19)12-15/h4-8,11-12,17H,9-10,20H2,1-3H3. The van der Waals surface area contributed by atoms with Crippen LogP contribution in [0.1, 0.15) is 29.2 Å². The van der Waals surface area contributed by atoms with Crippen molar-refractivity contribution < 1.29 is 4.39 Å². The Morgan fingerprint density at radius 1 is 1.14 bits per heavy atom. The van der Waals surface area contributed by atoms with Crippen LogP contribution in [0.2, 0.25) is 0 Å². The van der Waals surface area contributed by atoms with Gasteiger partial charge in [-0.05, 0) is 49.6 Å². The van der Waals surface area contributed by atoms with Crippen molar-refractivity contribution in [1.82, 2.24) is 0 Å². The number of nitrogens with zero attached hydrogens (tertiary/aromatic N) is 1. The predicted octanol–water partition coefficient (Wildman–Crippen LogP) is 3.97. The van der Waals surface area contributed by atoms with E-state index < -0.39 is 0 Å². The number of benzene rings is 2. The molecule has 112 valence electrons. The highest BCUT2D eigenvalue weighted by molar-refractivity contribution is 5.53. The van der Waals surface area contributed by atoms with Crippen molar-refractivity contribution in [3.63, 3.8) is 0 Å². The molecule has 3 heteroatoms. The van der Waals surface area contributed by atoms with E-state index in [0.717, 1.165) is 18.5 Å². The lowest BCUT2D eigenvalue weighted by molar-refractivity contribution is 0.608. The maximum absolute atomic E-state index is 13.2. The van der Waals surface area contributed by atoms with Crippen molar-refractivity contribution in [3.05, 3.63) is 65.0 Å². The highest BCUT2D eigenvalue weighted by atomic mass is 19.1. The Labute approximate surface area is 126 Å². The van der Waals surface area contributed by atoms with E-state index in [4.69, 9.17) is 5.73 Å². The molecule has 0 saturated heterocycles. The molecule has 0 spiro atoms. The van der Waals surface area contributed by atoms with Crippen molar-refractivity contribution in [3.8, 4) is 0 Å². The zero-order chi connectivity index (χ0) is 15.4. The van der Waals surface area contributed by atoms with E-state index in [0.29, 0.717) is 0 Å². The van der Waals surface area contributed by atoms with Crippen LogP contribution in [0.5, 0.6) is 0 Å². The summed E-state index contributed by atoms with van der Waals surface area (Å²) in [7, 11) is 2.07. The Kier molecular flexibility index (Phi) is 4.97. The molecule has 0 amide bonds. The molecular weight excluding hydrogens is 263 g/mol. The fraction of sp³-hybridized carbons (Fsp3) is 0.333. The van der Waals surface area contributed by atoms with Crippen LogP contribution in [0.15, 0.2) is 42.5 Å². The number of hydrogen-bond acceptors (Lipinski definition) is 2. The summed E-state index contributed by atoms with van der Waals surface area (Å²) in [5.74, 6) is -0.231. The summed E-state index contributed by atoms with van der Waals surface area (Å²) in [6.45, 7) is 5.05. The van der Waals surface area contributed by atoms with Crippen molar-refractivity contribution in [2.75, 3.05) is 18.5 Å². The average molecular weight is 286 g/mol. The normalized spacial score (nSPS) is 12.2. The monoisotopic (exact) mass is 286 g/mol. The Morgan fingerprint density at radius 3 is 2.57 bits per heavy atom. The van der Waals surface area contributed by atoms with E-state index in [9.17, 15) is 4.39 Å². The van der Waals surface area contributed by atoms with Crippen LogP contribution in [0.25, 0.3) is 0 Å². The summed E-state index contributed by atoms with van der Waals surface area (Å²) in [5, 5.41) is 0. The van der Waals surface area contributed by atoms with Gasteiger partial charge >= 0.3 is 0 Å². The van der Waals surface area contributed by atoms with Gasteiger partial charge in [-0.15, -0.1) is 0 Å². The molecule has 21 heavy (non-hydrogen) atoms. The first-order chi connectivity index (χ1) is 9.97. The number of aryl methyl sites for hydroxylation is 2. The molecule has 0 heterocycles. The van der Waals surface area contributed by atoms with E-state index >= 15 is 0 Å². The molecule has 0 aliphatic heterocycles. The molecule has 2 aromatic carbocycles. The van der Waals surface area contributed by atoms with Crippen LogP contribution in [-0.2, 0) is 0 Å². The van der Waals surface area contributed by atoms with Crippen molar-refractivity contribution in [2.45, 2.75) is 26.3 Å². The van der Waals surface area contributed by atoms with Gasteiger partial charge in [-0.25, -0.2) is 4.39 Å². The SMILES string of the molecule is Cc1ccc(N(C)CCC(N)c2cccc(F)c2)c(C)c1. The molecule has 0 bridgehead atoms. The summed E-state index contributed by atoms with van der Waals surface area (Å²) < 4.78 is 13.2. The lowest BCUT2D eigenvalue weighted by atomic mass is 10.0. The van der Waals surface area contributed by atoms with Gasteiger partial charge in [0.1, 0.15) is 5.82 Å². The van der Waals surface area contributed by atoms with Gasteiger partial charge in [0.05, 0.1) is 0 Å². The Hall–Kier alpha value is -1.87. The molecule has 1 atom stereocenters. The molecule has 0 aliphatic carbocycles. The van der Waals surface area contributed by atoms with Crippen LogP contribution in [0, 0.1) is 19.7 Å². The number of halogens is 1. The van der Waals surface area contributed by atoms with E-state index in [1.807, 2.05) is 6.07 Å². The minimum atomic E-state index is -0.231. The van der Waals surface area contributed by atoms with Crippen LogP contribution in [-0.4, -0.2) is 13.6 Å². The van der Waals surface area contributed by atoms with Gasteiger partial charge in [-0.1, -0.05) is 29.8 Å². The average Bonchev–Trinajstić information content (AvgIpc) is 2.44. The molecule has 0 aliphatic rings. The lowest BCUT2D eigenvalue weighted by Gasteiger charge is -2.23. The fourth-order valence-corrected chi connectivity index (χ4v) is 2.59. The van der Waals surface area contributed by atoms with Gasteiger partial charge in [0.15, 0.2) is 0 Å². The molecular formula is C18H23FN2. The summed E-state index contributed by atoms with van der Waals surface area (Å²) in [4.78, 5) is 2.20. The Balaban J connectivity index is 1.99. The molecule has 2 rings (SSSR count). The molecule has 2 N–H and O–H groups in total. The number of hydrogen-bond donors (Lipinski definition) is 1. The van der Waals surface area contributed by atoms with Crippen molar-refractivity contribution in [2.24, 2.45) is 5.73 Å². The summed E-state index contributed by atoms with van der Waals surface area (Å²) in [6.07, 6.45) is 0.785. The summed E-state index contributed by atoms with van der Waals surface area (Å²) >= 11 is 0. The Morgan fingerprint density at radius 2 is 1.90 bits per heavy atom. The molecule has 0 fully saturated rings. The van der Waals surface area contributed by atoms with Gasteiger partial charge < -0.3 is 10.6 Å². The van der Waals surface area contributed by atoms with Gasteiger partial charge in [0.25, 0.3) is 0 Å². The minimum Gasteiger partial charge on any atom is -0.374 e. The zero-order valence-corrected chi connectivity index (χ0v) is 12.9. The lowest BCUT2D eigenvalue weighted by Crippen LogP contribution is -2.24. The first-order valence-electron chi connectivity index (χ1n) is 7.27. The third kappa shape index (κ3) is 4.05. The molecule has 2 aromatic rings. The maximum atomic E-state index is 13.2. The Bertz CT molecular complexity index is 610. The van der Waals surface area contributed by atoms with Gasteiger partial charge in [-0.3, -0.25) is 0 Å². The largest absolute Gasteiger partial charge is 0.374 e. The van der Waals surface area contributed by atoms with Gasteiger partial charge in [-0.2, -0.15) is 0 Å². The van der Waals surface area contributed by atoms with Crippen molar-refractivity contribution in [1.29, 1.82) is 0 Å². The molecule has 2 nitrogen and oxygen atoms in total. The van der Waals surface area contributed by atoms with E-state index in [1.54, 1.807) is 6.07 Å². The van der Waals surface area contributed by atoms with Crippen LogP contribution < -0.4 is 10.6 Å². The second kappa shape index (κ2) is 6.72.